The van der Waals surface area contributed by atoms with Crippen molar-refractivity contribution in [3.63, 3.8) is 0 Å². The van der Waals surface area contributed by atoms with Crippen LogP contribution in [0.4, 0.5) is 14.6 Å². The van der Waals surface area contributed by atoms with Gasteiger partial charge >= 0.3 is 0 Å². The lowest BCUT2D eigenvalue weighted by molar-refractivity contribution is -0.130. The first kappa shape index (κ1) is 19.0. The molecule has 1 aromatic heterocycles. The maximum absolute atomic E-state index is 13.1. The predicted molar refractivity (Wildman–Crippen MR) is 106 cm³/mol. The average Bonchev–Trinajstić information content (AvgIpc) is 2.76. The topological polar surface area (TPSA) is 49.3 Å². The second-order valence-electron chi connectivity index (χ2n) is 6.94. The highest BCUT2D eigenvalue weighted by Crippen LogP contribution is 2.22. The van der Waals surface area contributed by atoms with Gasteiger partial charge in [-0.25, -0.2) is 18.7 Å². The molecule has 0 atom stereocenters. The Bertz CT molecular complexity index is 984. The smallest absolute Gasteiger partial charge is 0.227 e. The van der Waals surface area contributed by atoms with Crippen molar-refractivity contribution in [1.29, 1.82) is 0 Å². The Labute approximate surface area is 167 Å². The second-order valence-corrected chi connectivity index (χ2v) is 6.94. The predicted octanol–water partition coefficient (Wildman–Crippen LogP) is 3.31. The molecule has 4 rings (SSSR count). The number of benzene rings is 2. The zero-order valence-electron chi connectivity index (χ0n) is 15.8. The van der Waals surface area contributed by atoms with Crippen molar-refractivity contribution in [3.05, 3.63) is 78.1 Å². The fourth-order valence-corrected chi connectivity index (χ4v) is 3.37. The van der Waals surface area contributed by atoms with Gasteiger partial charge in [0.15, 0.2) is 0 Å². The van der Waals surface area contributed by atoms with E-state index in [0.29, 0.717) is 26.2 Å². The van der Waals surface area contributed by atoms with Gasteiger partial charge in [-0.15, -0.1) is 0 Å². The summed E-state index contributed by atoms with van der Waals surface area (Å²) in [6, 6.07) is 14.1. The molecule has 3 aromatic rings. The van der Waals surface area contributed by atoms with E-state index < -0.39 is 0 Å². The Morgan fingerprint density at radius 2 is 1.48 bits per heavy atom. The molecule has 1 aliphatic heterocycles. The maximum atomic E-state index is 13.1. The third kappa shape index (κ3) is 4.56. The summed E-state index contributed by atoms with van der Waals surface area (Å²) in [6.45, 7) is 2.51. The van der Waals surface area contributed by atoms with Crippen LogP contribution in [-0.2, 0) is 11.2 Å². The number of amides is 1. The van der Waals surface area contributed by atoms with Crippen LogP contribution in [0, 0.1) is 11.6 Å². The number of halogens is 2. The molecule has 29 heavy (non-hydrogen) atoms. The van der Waals surface area contributed by atoms with Crippen molar-refractivity contribution >= 4 is 11.7 Å². The van der Waals surface area contributed by atoms with Crippen molar-refractivity contribution < 1.29 is 13.6 Å². The zero-order chi connectivity index (χ0) is 20.2. The second kappa shape index (κ2) is 8.34. The molecule has 0 N–H and O–H groups in total. The SMILES string of the molecule is O=C(Cc1ccc(F)cc1)N1CCN(c2cc(-c3ccc(F)cc3)ncn2)CC1. The highest BCUT2D eigenvalue weighted by molar-refractivity contribution is 5.79. The van der Waals surface area contributed by atoms with Crippen molar-refractivity contribution in [3.8, 4) is 11.3 Å². The summed E-state index contributed by atoms with van der Waals surface area (Å²) < 4.78 is 26.1. The molecule has 1 amide bonds. The van der Waals surface area contributed by atoms with Gasteiger partial charge in [0.25, 0.3) is 0 Å². The highest BCUT2D eigenvalue weighted by atomic mass is 19.1. The minimum absolute atomic E-state index is 0.0333. The molecule has 0 saturated carbocycles. The van der Waals surface area contributed by atoms with Gasteiger partial charge in [0.1, 0.15) is 23.8 Å². The van der Waals surface area contributed by atoms with Crippen LogP contribution in [0.1, 0.15) is 5.56 Å². The van der Waals surface area contributed by atoms with Crippen LogP contribution in [0.2, 0.25) is 0 Å². The number of piperazine rings is 1. The van der Waals surface area contributed by atoms with Gasteiger partial charge in [-0.3, -0.25) is 4.79 Å². The molecule has 0 bridgehead atoms. The third-order valence-corrected chi connectivity index (χ3v) is 5.02. The lowest BCUT2D eigenvalue weighted by atomic mass is 10.1. The lowest BCUT2D eigenvalue weighted by Gasteiger charge is -2.35. The number of hydrogen-bond acceptors (Lipinski definition) is 4. The average molecular weight is 394 g/mol. The molecule has 2 heterocycles. The molecular formula is C22H20F2N4O. The third-order valence-electron chi connectivity index (χ3n) is 5.02. The van der Waals surface area contributed by atoms with Gasteiger partial charge in [0.2, 0.25) is 5.91 Å². The van der Waals surface area contributed by atoms with Crippen LogP contribution < -0.4 is 4.90 Å². The normalized spacial score (nSPS) is 14.1. The number of nitrogens with zero attached hydrogens (tertiary/aromatic N) is 4. The first-order valence-corrected chi connectivity index (χ1v) is 9.44. The van der Waals surface area contributed by atoms with Gasteiger partial charge in [0.05, 0.1) is 12.1 Å². The van der Waals surface area contributed by atoms with Crippen molar-refractivity contribution in [2.75, 3.05) is 31.1 Å². The maximum Gasteiger partial charge on any atom is 0.227 e. The Kier molecular flexibility index (Phi) is 5.46. The standard InChI is InChI=1S/C22H20F2N4O/c23-18-5-1-16(2-6-18)13-22(29)28-11-9-27(10-12-28)21-14-20(25-15-26-21)17-3-7-19(24)8-4-17/h1-8,14-15H,9-13H2. The van der Waals surface area contributed by atoms with E-state index in [-0.39, 0.29) is 24.0 Å². The summed E-state index contributed by atoms with van der Waals surface area (Å²) in [7, 11) is 0. The van der Waals surface area contributed by atoms with Crippen LogP contribution in [0.5, 0.6) is 0 Å². The van der Waals surface area contributed by atoms with E-state index in [4.69, 9.17) is 0 Å². The molecule has 5 nitrogen and oxygen atoms in total. The summed E-state index contributed by atoms with van der Waals surface area (Å²) in [6.07, 6.45) is 1.77. The quantitative estimate of drug-likeness (QED) is 0.681. The monoisotopic (exact) mass is 394 g/mol. The molecular weight excluding hydrogens is 374 g/mol. The molecule has 7 heteroatoms. The Morgan fingerprint density at radius 3 is 2.14 bits per heavy atom. The van der Waals surface area contributed by atoms with Crippen LogP contribution in [0.25, 0.3) is 11.3 Å². The van der Waals surface area contributed by atoms with Gasteiger partial charge in [-0.05, 0) is 42.0 Å². The summed E-state index contributed by atoms with van der Waals surface area (Å²) in [5.41, 5.74) is 2.35. The largest absolute Gasteiger partial charge is 0.353 e. The highest BCUT2D eigenvalue weighted by Gasteiger charge is 2.22. The number of carbonyl (C=O) groups excluding carboxylic acids is 1. The molecule has 0 radical (unpaired) electrons. The molecule has 1 aliphatic rings. The van der Waals surface area contributed by atoms with Gasteiger partial charge in [-0.1, -0.05) is 12.1 Å². The minimum atomic E-state index is -0.306. The van der Waals surface area contributed by atoms with Crippen LogP contribution in [0.3, 0.4) is 0 Å². The van der Waals surface area contributed by atoms with Crippen LogP contribution >= 0.6 is 0 Å². The molecule has 148 valence electrons. The van der Waals surface area contributed by atoms with E-state index >= 15 is 0 Å². The summed E-state index contributed by atoms with van der Waals surface area (Å²) in [5.74, 6) is 0.222. The number of anilines is 1. The van der Waals surface area contributed by atoms with E-state index in [9.17, 15) is 13.6 Å². The number of rotatable bonds is 4. The molecule has 1 saturated heterocycles. The first-order chi connectivity index (χ1) is 14.1. The molecule has 1 fully saturated rings. The van der Waals surface area contributed by atoms with Crippen LogP contribution in [0.15, 0.2) is 60.9 Å². The van der Waals surface area contributed by atoms with E-state index in [1.54, 1.807) is 24.3 Å². The lowest BCUT2D eigenvalue weighted by Crippen LogP contribution is -2.49. The molecule has 2 aromatic carbocycles. The summed E-state index contributed by atoms with van der Waals surface area (Å²) in [4.78, 5) is 25.1. The summed E-state index contributed by atoms with van der Waals surface area (Å²) in [5, 5.41) is 0. The van der Waals surface area contributed by atoms with E-state index in [0.717, 1.165) is 22.6 Å². The first-order valence-electron chi connectivity index (χ1n) is 9.44. The molecule has 0 spiro atoms. The fourth-order valence-electron chi connectivity index (χ4n) is 3.37. The van der Waals surface area contributed by atoms with Crippen molar-refractivity contribution in [2.45, 2.75) is 6.42 Å². The fraction of sp³-hybridized carbons (Fsp3) is 0.227. The number of hydrogen-bond donors (Lipinski definition) is 0. The Morgan fingerprint density at radius 1 is 0.862 bits per heavy atom. The van der Waals surface area contributed by atoms with Crippen molar-refractivity contribution in [1.82, 2.24) is 14.9 Å². The molecule has 0 aliphatic carbocycles. The number of carbonyl (C=O) groups is 1. The van der Waals surface area contributed by atoms with Gasteiger partial charge in [0, 0.05) is 37.8 Å². The minimum Gasteiger partial charge on any atom is -0.353 e. The van der Waals surface area contributed by atoms with Gasteiger partial charge < -0.3 is 9.80 Å². The molecule has 0 unspecified atom stereocenters. The van der Waals surface area contributed by atoms with Crippen molar-refractivity contribution in [2.24, 2.45) is 0 Å². The van der Waals surface area contributed by atoms with E-state index in [2.05, 4.69) is 14.9 Å². The zero-order valence-corrected chi connectivity index (χ0v) is 15.8. The van der Waals surface area contributed by atoms with E-state index in [1.807, 2.05) is 11.0 Å². The van der Waals surface area contributed by atoms with E-state index in [1.165, 1.54) is 30.6 Å². The Balaban J connectivity index is 1.38. The van der Waals surface area contributed by atoms with Crippen LogP contribution in [-0.4, -0.2) is 47.0 Å². The van der Waals surface area contributed by atoms with Gasteiger partial charge in [-0.2, -0.15) is 0 Å². The summed E-state index contributed by atoms with van der Waals surface area (Å²) >= 11 is 0. The Hall–Kier alpha value is -3.35. The number of aromatic nitrogens is 2.